The van der Waals surface area contributed by atoms with Crippen LogP contribution < -0.4 is 0 Å². The Morgan fingerprint density at radius 3 is 2.71 bits per heavy atom. The van der Waals surface area contributed by atoms with E-state index in [1.54, 1.807) is 0 Å². The van der Waals surface area contributed by atoms with Crippen molar-refractivity contribution in [1.82, 2.24) is 9.80 Å². The molecule has 5 nitrogen and oxygen atoms in total. The summed E-state index contributed by atoms with van der Waals surface area (Å²) in [5, 5.41) is 0. The van der Waals surface area contributed by atoms with Gasteiger partial charge in [-0.25, -0.2) is 0 Å². The van der Waals surface area contributed by atoms with Gasteiger partial charge in [-0.15, -0.1) is 0 Å². The maximum atomic E-state index is 13.2. The Bertz CT molecular complexity index is 462. The molecule has 24 heavy (non-hydrogen) atoms. The molecule has 3 aliphatic rings. The normalized spacial score (nSPS) is 28.8. The molecule has 0 aromatic heterocycles. The number of rotatable bonds is 5. The Morgan fingerprint density at radius 1 is 1.17 bits per heavy atom. The average molecular weight is 336 g/mol. The number of nitrogens with zero attached hydrogens (tertiary/aromatic N) is 2. The highest BCUT2D eigenvalue weighted by Gasteiger charge is 2.50. The van der Waals surface area contributed by atoms with Gasteiger partial charge in [0.25, 0.3) is 0 Å². The second-order valence-electron chi connectivity index (χ2n) is 7.69. The molecule has 0 aromatic rings. The molecular weight excluding hydrogens is 304 g/mol. The third-order valence-electron chi connectivity index (χ3n) is 6.16. The van der Waals surface area contributed by atoms with E-state index in [1.807, 2.05) is 11.8 Å². The van der Waals surface area contributed by atoms with E-state index in [-0.39, 0.29) is 11.3 Å². The molecule has 1 spiro atoms. The maximum absolute atomic E-state index is 13.2. The molecule has 1 aliphatic carbocycles. The summed E-state index contributed by atoms with van der Waals surface area (Å²) >= 11 is 0. The quantitative estimate of drug-likeness (QED) is 0.725. The van der Waals surface area contributed by atoms with Gasteiger partial charge in [-0.3, -0.25) is 9.59 Å². The topological polar surface area (TPSA) is 49.9 Å². The summed E-state index contributed by atoms with van der Waals surface area (Å²) < 4.78 is 5.30. The maximum Gasteiger partial charge on any atom is 0.230 e. The Balaban J connectivity index is 1.60. The number of carbonyl (C=O) groups excluding carboxylic acids is 2. The van der Waals surface area contributed by atoms with Gasteiger partial charge in [-0.1, -0.05) is 19.3 Å². The SMILES string of the molecule is CCOCCC(=O)N1CCC2(CCCN(C3CCCCC3)C2=O)C1. The Kier molecular flexibility index (Phi) is 5.80. The summed E-state index contributed by atoms with van der Waals surface area (Å²) in [6.07, 6.45) is 9.46. The number of hydrogen-bond donors (Lipinski definition) is 0. The van der Waals surface area contributed by atoms with Crippen molar-refractivity contribution in [3.05, 3.63) is 0 Å². The van der Waals surface area contributed by atoms with Crippen LogP contribution >= 0.6 is 0 Å². The van der Waals surface area contributed by atoms with Gasteiger partial charge in [0.15, 0.2) is 0 Å². The fourth-order valence-corrected chi connectivity index (χ4v) is 4.77. The largest absolute Gasteiger partial charge is 0.381 e. The number of carbonyl (C=O) groups is 2. The third kappa shape index (κ3) is 3.61. The van der Waals surface area contributed by atoms with Crippen molar-refractivity contribution in [1.29, 1.82) is 0 Å². The van der Waals surface area contributed by atoms with E-state index >= 15 is 0 Å². The average Bonchev–Trinajstić information content (AvgIpc) is 3.04. The van der Waals surface area contributed by atoms with E-state index < -0.39 is 0 Å². The first-order valence-electron chi connectivity index (χ1n) is 9.83. The number of ether oxygens (including phenoxy) is 1. The number of piperidine rings is 1. The molecule has 1 atom stereocenters. The van der Waals surface area contributed by atoms with Crippen LogP contribution in [-0.2, 0) is 14.3 Å². The van der Waals surface area contributed by atoms with E-state index in [9.17, 15) is 9.59 Å². The van der Waals surface area contributed by atoms with Gasteiger partial charge in [0.2, 0.25) is 11.8 Å². The molecule has 2 aliphatic heterocycles. The van der Waals surface area contributed by atoms with Gasteiger partial charge < -0.3 is 14.5 Å². The van der Waals surface area contributed by atoms with Crippen LogP contribution in [0.15, 0.2) is 0 Å². The van der Waals surface area contributed by atoms with Crippen LogP contribution in [0.5, 0.6) is 0 Å². The molecule has 136 valence electrons. The molecule has 1 unspecified atom stereocenters. The van der Waals surface area contributed by atoms with Gasteiger partial charge in [0, 0.05) is 32.3 Å². The highest BCUT2D eigenvalue weighted by molar-refractivity contribution is 5.86. The summed E-state index contributed by atoms with van der Waals surface area (Å²) in [5.41, 5.74) is -0.295. The first-order chi connectivity index (χ1) is 11.7. The number of hydrogen-bond acceptors (Lipinski definition) is 3. The summed E-state index contributed by atoms with van der Waals surface area (Å²) in [6.45, 7) is 5.35. The van der Waals surface area contributed by atoms with Crippen molar-refractivity contribution in [3.63, 3.8) is 0 Å². The lowest BCUT2D eigenvalue weighted by atomic mass is 9.77. The molecule has 2 amide bonds. The molecule has 3 rings (SSSR count). The first-order valence-corrected chi connectivity index (χ1v) is 9.83. The van der Waals surface area contributed by atoms with Gasteiger partial charge in [0.05, 0.1) is 18.4 Å². The van der Waals surface area contributed by atoms with Crippen LogP contribution in [-0.4, -0.2) is 60.5 Å². The lowest BCUT2D eigenvalue weighted by molar-refractivity contribution is -0.149. The number of amides is 2. The molecule has 1 saturated carbocycles. The smallest absolute Gasteiger partial charge is 0.230 e. The van der Waals surface area contributed by atoms with E-state index in [4.69, 9.17) is 4.74 Å². The van der Waals surface area contributed by atoms with Crippen molar-refractivity contribution in [2.75, 3.05) is 32.8 Å². The minimum atomic E-state index is -0.295. The molecule has 0 radical (unpaired) electrons. The van der Waals surface area contributed by atoms with E-state index in [2.05, 4.69) is 4.90 Å². The molecule has 2 saturated heterocycles. The lowest BCUT2D eigenvalue weighted by Gasteiger charge is -2.44. The predicted octanol–water partition coefficient (Wildman–Crippen LogP) is 2.59. The zero-order valence-corrected chi connectivity index (χ0v) is 15.1. The zero-order valence-electron chi connectivity index (χ0n) is 15.1. The fourth-order valence-electron chi connectivity index (χ4n) is 4.77. The van der Waals surface area contributed by atoms with E-state index in [0.29, 0.717) is 38.1 Å². The van der Waals surface area contributed by atoms with E-state index in [1.165, 1.54) is 32.1 Å². The molecule has 2 heterocycles. The molecule has 0 N–H and O–H groups in total. The van der Waals surface area contributed by atoms with E-state index in [0.717, 1.165) is 32.4 Å². The molecule has 0 bridgehead atoms. The monoisotopic (exact) mass is 336 g/mol. The van der Waals surface area contributed by atoms with Crippen molar-refractivity contribution in [3.8, 4) is 0 Å². The minimum absolute atomic E-state index is 0.142. The van der Waals surface area contributed by atoms with Crippen LogP contribution in [0.25, 0.3) is 0 Å². The summed E-state index contributed by atoms with van der Waals surface area (Å²) in [5.74, 6) is 0.476. The van der Waals surface area contributed by atoms with Crippen LogP contribution in [0, 0.1) is 5.41 Å². The molecule has 0 aromatic carbocycles. The van der Waals surface area contributed by atoms with Crippen molar-refractivity contribution in [2.45, 2.75) is 70.8 Å². The number of likely N-dealkylation sites (tertiary alicyclic amines) is 2. The van der Waals surface area contributed by atoms with Crippen molar-refractivity contribution < 1.29 is 14.3 Å². The van der Waals surface area contributed by atoms with Gasteiger partial charge in [-0.05, 0) is 39.0 Å². The third-order valence-corrected chi connectivity index (χ3v) is 6.16. The van der Waals surface area contributed by atoms with Crippen LogP contribution in [0.4, 0.5) is 0 Å². The van der Waals surface area contributed by atoms with Gasteiger partial charge >= 0.3 is 0 Å². The fraction of sp³-hybridized carbons (Fsp3) is 0.895. The van der Waals surface area contributed by atoms with Gasteiger partial charge in [0.1, 0.15) is 0 Å². The van der Waals surface area contributed by atoms with Gasteiger partial charge in [-0.2, -0.15) is 0 Å². The van der Waals surface area contributed by atoms with Crippen molar-refractivity contribution in [2.24, 2.45) is 5.41 Å². The second kappa shape index (κ2) is 7.85. The highest BCUT2D eigenvalue weighted by Crippen LogP contribution is 2.42. The predicted molar refractivity (Wildman–Crippen MR) is 92.6 cm³/mol. The zero-order chi connectivity index (χ0) is 17.0. The summed E-state index contributed by atoms with van der Waals surface area (Å²) in [6, 6.07) is 0.450. The minimum Gasteiger partial charge on any atom is -0.381 e. The summed E-state index contributed by atoms with van der Waals surface area (Å²) in [4.78, 5) is 29.7. The molecule has 3 fully saturated rings. The Morgan fingerprint density at radius 2 is 1.96 bits per heavy atom. The summed E-state index contributed by atoms with van der Waals surface area (Å²) in [7, 11) is 0. The Hall–Kier alpha value is -1.10. The van der Waals surface area contributed by atoms with Crippen LogP contribution in [0.3, 0.4) is 0 Å². The second-order valence-corrected chi connectivity index (χ2v) is 7.69. The standard InChI is InChI=1S/C19H32N2O3/c1-2-24-14-9-17(22)20-13-11-19(15-20)10-6-12-21(18(19)23)16-7-4-3-5-8-16/h16H,2-15H2,1H3. The molecular formula is C19H32N2O3. The lowest BCUT2D eigenvalue weighted by Crippen LogP contribution is -2.54. The highest BCUT2D eigenvalue weighted by atomic mass is 16.5. The van der Waals surface area contributed by atoms with Crippen LogP contribution in [0.1, 0.15) is 64.7 Å². The van der Waals surface area contributed by atoms with Crippen molar-refractivity contribution >= 4 is 11.8 Å². The Labute approximate surface area is 145 Å². The molecule has 5 heteroatoms. The first kappa shape index (κ1) is 17.7. The van der Waals surface area contributed by atoms with Crippen LogP contribution in [0.2, 0.25) is 0 Å².